The van der Waals surface area contributed by atoms with E-state index in [2.05, 4.69) is 6.07 Å². The van der Waals surface area contributed by atoms with Crippen molar-refractivity contribution >= 4 is 28.8 Å². The van der Waals surface area contributed by atoms with E-state index in [0.29, 0.717) is 39.7 Å². The minimum absolute atomic E-state index is 0.255. The summed E-state index contributed by atoms with van der Waals surface area (Å²) in [4.78, 5) is 16.9. The summed E-state index contributed by atoms with van der Waals surface area (Å²) in [5, 5.41) is 9.64. The largest absolute Gasteiger partial charge is 0.462 e. The molecule has 0 bridgehead atoms. The Bertz CT molecular complexity index is 1390. The zero-order chi connectivity index (χ0) is 25.0. The second-order valence-corrected chi connectivity index (χ2v) is 8.64. The van der Waals surface area contributed by atoms with E-state index in [1.807, 2.05) is 16.7 Å². The van der Waals surface area contributed by atoms with Gasteiger partial charge in [-0.25, -0.2) is 9.78 Å². The Morgan fingerprint density at radius 1 is 1.06 bits per heavy atom. The average Bonchev–Trinajstić information content (AvgIpc) is 3.19. The van der Waals surface area contributed by atoms with Gasteiger partial charge in [-0.2, -0.15) is 18.4 Å². The molecular weight excluding hydrogens is 475 g/mol. The van der Waals surface area contributed by atoms with E-state index in [0.717, 1.165) is 23.2 Å². The minimum atomic E-state index is -4.40. The van der Waals surface area contributed by atoms with E-state index >= 15 is 0 Å². The summed E-state index contributed by atoms with van der Waals surface area (Å²) >= 11 is 1.46. The standard InChI is InChI=1S/C26H20F3N3O2S/c1-2-34-24(33)20-9-12-23-22(13-20)31-25(35-16-19-5-3-17(14-30)4-6-19)32(23)15-18-7-10-21(11-8-18)26(27,28)29/h3-13H,2,15-16H2,1H3. The van der Waals surface area contributed by atoms with Gasteiger partial charge >= 0.3 is 12.1 Å². The summed E-state index contributed by atoms with van der Waals surface area (Å²) in [6.45, 7) is 2.29. The fourth-order valence-electron chi connectivity index (χ4n) is 3.52. The number of hydrogen-bond donors (Lipinski definition) is 0. The van der Waals surface area contributed by atoms with E-state index < -0.39 is 17.7 Å². The molecule has 4 rings (SSSR count). The molecule has 0 fully saturated rings. The highest BCUT2D eigenvalue weighted by Gasteiger charge is 2.30. The number of alkyl halides is 3. The van der Waals surface area contributed by atoms with E-state index in [1.54, 1.807) is 37.3 Å². The molecule has 5 nitrogen and oxygen atoms in total. The molecule has 0 spiro atoms. The number of benzene rings is 3. The molecule has 1 heterocycles. The van der Waals surface area contributed by atoms with Crippen molar-refractivity contribution in [2.24, 2.45) is 0 Å². The normalized spacial score (nSPS) is 11.4. The van der Waals surface area contributed by atoms with Crippen molar-refractivity contribution in [2.75, 3.05) is 6.61 Å². The van der Waals surface area contributed by atoms with Crippen molar-refractivity contribution < 1.29 is 22.7 Å². The second-order valence-electron chi connectivity index (χ2n) is 7.70. The second kappa shape index (κ2) is 10.2. The van der Waals surface area contributed by atoms with E-state index in [9.17, 15) is 18.0 Å². The van der Waals surface area contributed by atoms with Gasteiger partial charge in [-0.05, 0) is 60.5 Å². The first-order valence-corrected chi connectivity index (χ1v) is 11.7. The maximum atomic E-state index is 13.0. The number of ether oxygens (including phenoxy) is 1. The van der Waals surface area contributed by atoms with Gasteiger partial charge in [0.1, 0.15) is 0 Å². The van der Waals surface area contributed by atoms with Crippen LogP contribution < -0.4 is 0 Å². The van der Waals surface area contributed by atoms with Gasteiger partial charge in [0.15, 0.2) is 5.16 Å². The van der Waals surface area contributed by atoms with E-state index in [1.165, 1.54) is 23.9 Å². The lowest BCUT2D eigenvalue weighted by Crippen LogP contribution is -2.06. The molecule has 3 aromatic carbocycles. The summed E-state index contributed by atoms with van der Waals surface area (Å²) in [5.41, 5.74) is 3.26. The predicted molar refractivity (Wildman–Crippen MR) is 127 cm³/mol. The Hall–Kier alpha value is -3.77. The fourth-order valence-corrected chi connectivity index (χ4v) is 4.49. The molecule has 0 N–H and O–H groups in total. The van der Waals surface area contributed by atoms with Crippen LogP contribution in [0.4, 0.5) is 13.2 Å². The highest BCUT2D eigenvalue weighted by molar-refractivity contribution is 7.98. The number of carbonyl (C=O) groups is 1. The molecule has 35 heavy (non-hydrogen) atoms. The first kappa shape index (κ1) is 24.4. The van der Waals surface area contributed by atoms with Crippen LogP contribution in [-0.2, 0) is 23.2 Å². The highest BCUT2D eigenvalue weighted by Crippen LogP contribution is 2.31. The van der Waals surface area contributed by atoms with Crippen LogP contribution in [0.1, 0.15) is 39.5 Å². The summed E-state index contributed by atoms with van der Waals surface area (Å²) < 4.78 is 45.9. The number of hydrogen-bond acceptors (Lipinski definition) is 5. The third kappa shape index (κ3) is 5.66. The quantitative estimate of drug-likeness (QED) is 0.218. The maximum Gasteiger partial charge on any atom is 0.416 e. The van der Waals surface area contributed by atoms with Crippen LogP contribution in [0.15, 0.2) is 71.9 Å². The zero-order valence-corrected chi connectivity index (χ0v) is 19.5. The van der Waals surface area contributed by atoms with Gasteiger partial charge in [0.2, 0.25) is 0 Å². The Morgan fingerprint density at radius 3 is 2.37 bits per heavy atom. The van der Waals surface area contributed by atoms with Gasteiger partial charge in [-0.3, -0.25) is 0 Å². The molecular formula is C26H20F3N3O2S. The van der Waals surface area contributed by atoms with Gasteiger partial charge in [0.25, 0.3) is 0 Å². The zero-order valence-electron chi connectivity index (χ0n) is 18.7. The summed E-state index contributed by atoms with van der Waals surface area (Å²) in [5.74, 6) is 0.130. The lowest BCUT2D eigenvalue weighted by Gasteiger charge is -2.11. The molecule has 0 amide bonds. The predicted octanol–water partition coefficient (Wildman–Crippen LogP) is 6.44. The van der Waals surface area contributed by atoms with Crippen LogP contribution in [-0.4, -0.2) is 22.1 Å². The monoisotopic (exact) mass is 495 g/mol. The minimum Gasteiger partial charge on any atom is -0.462 e. The van der Waals surface area contributed by atoms with Gasteiger partial charge < -0.3 is 9.30 Å². The van der Waals surface area contributed by atoms with Gasteiger partial charge in [-0.15, -0.1) is 0 Å². The average molecular weight is 496 g/mol. The molecule has 0 unspecified atom stereocenters. The number of thioether (sulfide) groups is 1. The molecule has 0 radical (unpaired) electrons. The fraction of sp³-hybridized carbons (Fsp3) is 0.192. The van der Waals surface area contributed by atoms with E-state index in [4.69, 9.17) is 15.0 Å². The number of halogens is 3. The molecule has 0 saturated heterocycles. The molecule has 0 atom stereocenters. The van der Waals surface area contributed by atoms with Crippen LogP contribution in [0.5, 0.6) is 0 Å². The molecule has 1 aromatic heterocycles. The number of carbonyl (C=O) groups excluding carboxylic acids is 1. The van der Waals surface area contributed by atoms with Crippen LogP contribution >= 0.6 is 11.8 Å². The Labute approximate surface area is 204 Å². The molecule has 178 valence electrons. The van der Waals surface area contributed by atoms with Gasteiger partial charge in [-0.1, -0.05) is 36.0 Å². The molecule has 0 aliphatic heterocycles. The number of imidazole rings is 1. The number of nitriles is 1. The van der Waals surface area contributed by atoms with Crippen molar-refractivity contribution in [3.8, 4) is 6.07 Å². The SMILES string of the molecule is CCOC(=O)c1ccc2c(c1)nc(SCc1ccc(C#N)cc1)n2Cc1ccc(C(F)(F)F)cc1. The van der Waals surface area contributed by atoms with E-state index in [-0.39, 0.29) is 6.61 Å². The van der Waals surface area contributed by atoms with Crippen LogP contribution in [0.3, 0.4) is 0 Å². The topological polar surface area (TPSA) is 67.9 Å². The molecule has 9 heteroatoms. The van der Waals surface area contributed by atoms with Gasteiger partial charge in [0, 0.05) is 5.75 Å². The molecule has 0 aliphatic rings. The summed E-state index contributed by atoms with van der Waals surface area (Å²) in [6, 6.07) is 19.4. The number of rotatable bonds is 7. The Balaban J connectivity index is 1.67. The Kier molecular flexibility index (Phi) is 7.12. The van der Waals surface area contributed by atoms with Crippen LogP contribution in [0.25, 0.3) is 11.0 Å². The van der Waals surface area contributed by atoms with Crippen LogP contribution in [0.2, 0.25) is 0 Å². The lowest BCUT2D eigenvalue weighted by molar-refractivity contribution is -0.137. The van der Waals surface area contributed by atoms with Crippen molar-refractivity contribution in [2.45, 2.75) is 30.6 Å². The summed E-state index contributed by atoms with van der Waals surface area (Å²) in [7, 11) is 0. The number of esters is 1. The number of fused-ring (bicyclic) bond motifs is 1. The highest BCUT2D eigenvalue weighted by atomic mass is 32.2. The summed E-state index contributed by atoms with van der Waals surface area (Å²) in [6.07, 6.45) is -4.40. The van der Waals surface area contributed by atoms with Crippen molar-refractivity contribution in [3.05, 3.63) is 94.5 Å². The maximum absolute atomic E-state index is 13.0. The number of aromatic nitrogens is 2. The van der Waals surface area contributed by atoms with Crippen molar-refractivity contribution in [3.63, 3.8) is 0 Å². The van der Waals surface area contributed by atoms with Gasteiger partial charge in [0.05, 0.1) is 46.9 Å². The first-order valence-electron chi connectivity index (χ1n) is 10.7. The molecule has 4 aromatic rings. The van der Waals surface area contributed by atoms with Crippen LogP contribution in [0, 0.1) is 11.3 Å². The number of nitrogens with zero attached hydrogens (tertiary/aromatic N) is 3. The lowest BCUT2D eigenvalue weighted by atomic mass is 10.1. The van der Waals surface area contributed by atoms with Crippen molar-refractivity contribution in [1.82, 2.24) is 9.55 Å². The third-order valence-corrected chi connectivity index (χ3v) is 6.34. The molecule has 0 saturated carbocycles. The molecule has 0 aliphatic carbocycles. The smallest absolute Gasteiger partial charge is 0.416 e. The first-order chi connectivity index (χ1) is 16.8. The third-order valence-electron chi connectivity index (χ3n) is 5.30. The van der Waals surface area contributed by atoms with Crippen molar-refractivity contribution in [1.29, 1.82) is 5.26 Å². The Morgan fingerprint density at radius 2 is 1.74 bits per heavy atom.